The van der Waals surface area contributed by atoms with Gasteiger partial charge >= 0.3 is 0 Å². The molecule has 146 valence electrons. The summed E-state index contributed by atoms with van der Waals surface area (Å²) in [5.41, 5.74) is 2.08. The summed E-state index contributed by atoms with van der Waals surface area (Å²) in [6, 6.07) is 14.0. The molecule has 2 N–H and O–H groups in total. The maximum atomic E-state index is 6.01. The van der Waals surface area contributed by atoms with Crippen molar-refractivity contribution >= 4 is 5.96 Å². The van der Waals surface area contributed by atoms with E-state index in [9.17, 15) is 0 Å². The Morgan fingerprint density at radius 1 is 1.04 bits per heavy atom. The molecule has 0 radical (unpaired) electrons. The summed E-state index contributed by atoms with van der Waals surface area (Å²) in [5, 5.41) is 6.62. The number of aromatic nitrogens is 1. The number of ether oxygens (including phenoxy) is 1. The fourth-order valence-corrected chi connectivity index (χ4v) is 2.69. The molecule has 0 amide bonds. The van der Waals surface area contributed by atoms with Crippen LogP contribution < -0.4 is 15.4 Å². The molecule has 2 aromatic rings. The van der Waals surface area contributed by atoms with E-state index in [-0.39, 0.29) is 0 Å². The van der Waals surface area contributed by atoms with Gasteiger partial charge in [-0.15, -0.1) is 0 Å². The van der Waals surface area contributed by atoms with E-state index in [1.54, 1.807) is 13.2 Å². The van der Waals surface area contributed by atoms with Crippen molar-refractivity contribution in [2.75, 3.05) is 33.3 Å². The maximum absolute atomic E-state index is 6.01. The number of hydrogen-bond donors (Lipinski definition) is 2. The van der Waals surface area contributed by atoms with E-state index in [1.807, 2.05) is 36.4 Å². The molecule has 1 aromatic carbocycles. The summed E-state index contributed by atoms with van der Waals surface area (Å²) in [7, 11) is 1.76. The number of likely N-dealkylation sites (N-methyl/N-ethyl adjacent to an activating group) is 1. The van der Waals surface area contributed by atoms with Crippen molar-refractivity contribution < 1.29 is 4.74 Å². The zero-order chi connectivity index (χ0) is 19.3. The van der Waals surface area contributed by atoms with Crippen LogP contribution in [0.3, 0.4) is 0 Å². The number of benzene rings is 1. The lowest BCUT2D eigenvalue weighted by Gasteiger charge is -2.19. The summed E-state index contributed by atoms with van der Waals surface area (Å²) in [6.45, 7) is 9.32. The molecule has 1 heterocycles. The molecule has 6 nitrogen and oxygen atoms in total. The number of nitrogens with zero attached hydrogens (tertiary/aromatic N) is 3. The third kappa shape index (κ3) is 7.27. The highest BCUT2D eigenvalue weighted by Gasteiger charge is 2.06. The average Bonchev–Trinajstić information content (AvgIpc) is 2.73. The second kappa shape index (κ2) is 11.9. The van der Waals surface area contributed by atoms with Crippen molar-refractivity contribution in [2.45, 2.75) is 26.9 Å². The van der Waals surface area contributed by atoms with Gasteiger partial charge in [-0.05, 0) is 31.3 Å². The fraction of sp³-hybridized carbons (Fsp3) is 0.429. The number of aliphatic imine (C=N–C) groups is 1. The van der Waals surface area contributed by atoms with Gasteiger partial charge in [0.05, 0.1) is 12.2 Å². The van der Waals surface area contributed by atoms with Crippen molar-refractivity contribution in [3.8, 4) is 5.75 Å². The van der Waals surface area contributed by atoms with Crippen molar-refractivity contribution in [3.05, 3.63) is 59.9 Å². The first-order valence-electron chi connectivity index (χ1n) is 9.54. The van der Waals surface area contributed by atoms with Gasteiger partial charge in [-0.1, -0.05) is 38.1 Å². The van der Waals surface area contributed by atoms with Crippen LogP contribution in [0.2, 0.25) is 0 Å². The highest BCUT2D eigenvalue weighted by Crippen LogP contribution is 2.17. The second-order valence-electron chi connectivity index (χ2n) is 6.08. The van der Waals surface area contributed by atoms with Crippen molar-refractivity contribution in [2.24, 2.45) is 4.99 Å². The van der Waals surface area contributed by atoms with Gasteiger partial charge in [0.25, 0.3) is 0 Å². The topological polar surface area (TPSA) is 61.8 Å². The van der Waals surface area contributed by atoms with Crippen LogP contribution in [0, 0.1) is 0 Å². The van der Waals surface area contributed by atoms with E-state index in [0.29, 0.717) is 19.7 Å². The first kappa shape index (κ1) is 20.7. The van der Waals surface area contributed by atoms with Gasteiger partial charge in [-0.2, -0.15) is 0 Å². The third-order valence-electron chi connectivity index (χ3n) is 4.37. The minimum atomic E-state index is 0.628. The third-order valence-corrected chi connectivity index (χ3v) is 4.37. The highest BCUT2D eigenvalue weighted by atomic mass is 16.5. The Kier molecular flexibility index (Phi) is 9.13. The van der Waals surface area contributed by atoms with E-state index in [2.05, 4.69) is 45.4 Å². The molecule has 1 aromatic heterocycles. The summed E-state index contributed by atoms with van der Waals surface area (Å²) >= 11 is 0. The van der Waals surface area contributed by atoms with Crippen LogP contribution in [-0.4, -0.2) is 49.1 Å². The second-order valence-corrected chi connectivity index (χ2v) is 6.08. The number of guanidine groups is 1. The van der Waals surface area contributed by atoms with Gasteiger partial charge < -0.3 is 20.3 Å². The number of hydrogen-bond acceptors (Lipinski definition) is 4. The summed E-state index contributed by atoms with van der Waals surface area (Å²) < 4.78 is 6.01. The first-order valence-corrected chi connectivity index (χ1v) is 9.54. The first-order chi connectivity index (χ1) is 13.3. The standard InChI is InChI=1S/C21H31N5O/c1-4-26(5-2)14-15-27-20-12-7-6-10-18(20)16-24-21(22-3)25-17-19-11-8-9-13-23-19/h6-13H,4-5,14-17H2,1-3H3,(H2,22,24,25). The largest absolute Gasteiger partial charge is 0.492 e. The van der Waals surface area contributed by atoms with E-state index < -0.39 is 0 Å². The Balaban J connectivity index is 1.85. The number of rotatable bonds is 10. The Bertz CT molecular complexity index is 686. The minimum absolute atomic E-state index is 0.628. The van der Waals surface area contributed by atoms with E-state index in [1.165, 1.54) is 0 Å². The van der Waals surface area contributed by atoms with Gasteiger partial charge in [0.1, 0.15) is 12.4 Å². The van der Waals surface area contributed by atoms with Crippen LogP contribution in [-0.2, 0) is 13.1 Å². The Morgan fingerprint density at radius 2 is 1.78 bits per heavy atom. The molecule has 0 unspecified atom stereocenters. The minimum Gasteiger partial charge on any atom is -0.492 e. The molecule has 27 heavy (non-hydrogen) atoms. The van der Waals surface area contributed by atoms with E-state index in [4.69, 9.17) is 4.74 Å². The molecule has 0 saturated carbocycles. The predicted octanol–water partition coefficient (Wildman–Crippen LogP) is 2.67. The van der Waals surface area contributed by atoms with Crippen LogP contribution in [0.4, 0.5) is 0 Å². The molecule has 0 aliphatic carbocycles. The van der Waals surface area contributed by atoms with E-state index in [0.717, 1.165) is 42.6 Å². The summed E-state index contributed by atoms with van der Waals surface area (Å²) in [5.74, 6) is 1.65. The highest BCUT2D eigenvalue weighted by molar-refractivity contribution is 5.79. The van der Waals surface area contributed by atoms with Crippen LogP contribution in [0.5, 0.6) is 5.75 Å². The molecule has 0 aliphatic heterocycles. The molecule has 0 aliphatic rings. The number of pyridine rings is 1. The predicted molar refractivity (Wildman–Crippen MR) is 111 cm³/mol. The Hall–Kier alpha value is -2.60. The van der Waals surface area contributed by atoms with Gasteiger partial charge in [0.2, 0.25) is 0 Å². The van der Waals surface area contributed by atoms with Crippen LogP contribution in [0.1, 0.15) is 25.1 Å². The monoisotopic (exact) mass is 369 g/mol. The van der Waals surface area contributed by atoms with Crippen molar-refractivity contribution in [3.63, 3.8) is 0 Å². The molecule has 0 spiro atoms. The molecule has 0 saturated heterocycles. The fourth-order valence-electron chi connectivity index (χ4n) is 2.69. The lowest BCUT2D eigenvalue weighted by atomic mass is 10.2. The normalized spacial score (nSPS) is 11.5. The molecule has 0 fully saturated rings. The Morgan fingerprint density at radius 3 is 2.48 bits per heavy atom. The molecular formula is C21H31N5O. The van der Waals surface area contributed by atoms with Crippen LogP contribution >= 0.6 is 0 Å². The zero-order valence-electron chi connectivity index (χ0n) is 16.6. The molecule has 0 atom stereocenters. The quantitative estimate of drug-likeness (QED) is 0.498. The number of nitrogens with one attached hydrogen (secondary N) is 2. The van der Waals surface area contributed by atoms with Crippen LogP contribution in [0.15, 0.2) is 53.7 Å². The average molecular weight is 370 g/mol. The van der Waals surface area contributed by atoms with Crippen molar-refractivity contribution in [1.82, 2.24) is 20.5 Å². The van der Waals surface area contributed by atoms with Crippen molar-refractivity contribution in [1.29, 1.82) is 0 Å². The molecule has 0 bridgehead atoms. The molecule has 2 rings (SSSR count). The number of para-hydroxylation sites is 1. The van der Waals surface area contributed by atoms with Crippen LogP contribution in [0.25, 0.3) is 0 Å². The summed E-state index contributed by atoms with van der Waals surface area (Å²) in [4.78, 5) is 10.9. The molecule has 6 heteroatoms. The van der Waals surface area contributed by atoms with E-state index >= 15 is 0 Å². The maximum Gasteiger partial charge on any atom is 0.191 e. The van der Waals surface area contributed by atoms with Gasteiger partial charge in [0, 0.05) is 31.9 Å². The van der Waals surface area contributed by atoms with Gasteiger partial charge in [-0.25, -0.2) is 0 Å². The lowest BCUT2D eigenvalue weighted by Crippen LogP contribution is -2.36. The smallest absolute Gasteiger partial charge is 0.191 e. The Labute approximate surface area is 162 Å². The van der Waals surface area contributed by atoms with Gasteiger partial charge in [0.15, 0.2) is 5.96 Å². The molecular weight excluding hydrogens is 338 g/mol. The van der Waals surface area contributed by atoms with Gasteiger partial charge in [-0.3, -0.25) is 9.98 Å². The lowest BCUT2D eigenvalue weighted by molar-refractivity contribution is 0.221. The summed E-state index contributed by atoms with van der Waals surface area (Å²) in [6.07, 6.45) is 1.79. The zero-order valence-corrected chi connectivity index (χ0v) is 16.6. The SMILES string of the molecule is CCN(CC)CCOc1ccccc1CNC(=NC)NCc1ccccn1.